The summed E-state index contributed by atoms with van der Waals surface area (Å²) in [6.07, 6.45) is -3.28. The minimum Gasteiger partial charge on any atom is -0.273 e. The normalized spacial score (nSPS) is 17.4. The number of carbonyl (C=O) groups excluding carboxylic acids is 1. The number of hydrogen-bond acceptors (Lipinski definition) is 3. The first-order valence-electron chi connectivity index (χ1n) is 5.85. The first-order valence-corrected chi connectivity index (χ1v) is 8.12. The number of rotatable bonds is 3. The van der Waals surface area contributed by atoms with E-state index in [4.69, 9.17) is 11.6 Å². The fraction of sp³-hybridized carbons (Fsp3) is 0.417. The Morgan fingerprint density at radius 3 is 2.33 bits per heavy atom. The smallest absolute Gasteiger partial charge is 0.273 e. The monoisotopic (exact) mass is 341 g/mol. The number of alkyl halides is 3. The average Bonchev–Trinajstić information content (AvgIpc) is 3.06. The van der Waals surface area contributed by atoms with Gasteiger partial charge in [0.15, 0.2) is 0 Å². The zero-order valence-corrected chi connectivity index (χ0v) is 12.4. The van der Waals surface area contributed by atoms with Crippen LogP contribution in [0.25, 0.3) is 0 Å². The van der Waals surface area contributed by atoms with Crippen LogP contribution in [-0.2, 0) is 26.4 Å². The number of carbonyl (C=O) groups is 1. The summed E-state index contributed by atoms with van der Waals surface area (Å²) in [6, 6.07) is 2.68. The number of sulfonamides is 1. The lowest BCUT2D eigenvalue weighted by Gasteiger charge is -2.18. The summed E-state index contributed by atoms with van der Waals surface area (Å²) in [5, 5.41) is 0.00384. The van der Waals surface area contributed by atoms with Gasteiger partial charge in [0.2, 0.25) is 15.9 Å². The molecule has 0 radical (unpaired) electrons. The molecule has 0 atom stereocenters. The summed E-state index contributed by atoms with van der Waals surface area (Å²) in [7, 11) is -3.79. The third kappa shape index (κ3) is 3.32. The van der Waals surface area contributed by atoms with Gasteiger partial charge in [-0.3, -0.25) is 9.52 Å². The zero-order chi connectivity index (χ0) is 16.1. The van der Waals surface area contributed by atoms with Gasteiger partial charge in [-0.25, -0.2) is 8.42 Å². The van der Waals surface area contributed by atoms with Gasteiger partial charge < -0.3 is 0 Å². The minimum atomic E-state index is -4.57. The van der Waals surface area contributed by atoms with Crippen molar-refractivity contribution in [2.24, 2.45) is 0 Å². The fourth-order valence-corrected chi connectivity index (χ4v) is 2.91. The highest BCUT2D eigenvalue weighted by atomic mass is 35.5. The van der Waals surface area contributed by atoms with Crippen LogP contribution in [0.5, 0.6) is 0 Å². The highest BCUT2D eigenvalue weighted by Crippen LogP contribution is 2.51. The zero-order valence-electron chi connectivity index (χ0n) is 10.8. The molecule has 1 fully saturated rings. The van der Waals surface area contributed by atoms with Gasteiger partial charge in [0, 0.05) is 5.02 Å². The van der Waals surface area contributed by atoms with E-state index in [1.54, 1.807) is 4.72 Å². The number of amides is 1. The molecule has 116 valence electrons. The highest BCUT2D eigenvalue weighted by molar-refractivity contribution is 7.89. The van der Waals surface area contributed by atoms with Gasteiger partial charge in [0.1, 0.15) is 0 Å². The van der Waals surface area contributed by atoms with Crippen molar-refractivity contribution in [2.75, 3.05) is 6.26 Å². The van der Waals surface area contributed by atoms with Crippen LogP contribution in [0.3, 0.4) is 0 Å². The van der Waals surface area contributed by atoms with Gasteiger partial charge in [-0.15, -0.1) is 0 Å². The Morgan fingerprint density at radius 1 is 1.33 bits per heavy atom. The van der Waals surface area contributed by atoms with Crippen LogP contribution in [0.1, 0.15) is 24.0 Å². The SMILES string of the molecule is CS(=O)(=O)NC(=O)C1(c2cc(C(F)(F)F)ccc2Cl)CC1. The molecule has 1 saturated carbocycles. The van der Waals surface area contributed by atoms with Gasteiger partial charge in [0.05, 0.1) is 17.2 Å². The van der Waals surface area contributed by atoms with Gasteiger partial charge >= 0.3 is 6.18 Å². The highest BCUT2D eigenvalue weighted by Gasteiger charge is 2.53. The van der Waals surface area contributed by atoms with Crippen molar-refractivity contribution < 1.29 is 26.4 Å². The van der Waals surface area contributed by atoms with Crippen molar-refractivity contribution in [3.8, 4) is 0 Å². The van der Waals surface area contributed by atoms with E-state index in [2.05, 4.69) is 0 Å². The summed E-state index contributed by atoms with van der Waals surface area (Å²) in [5.41, 5.74) is -2.23. The lowest BCUT2D eigenvalue weighted by molar-refractivity contribution is -0.137. The van der Waals surface area contributed by atoms with E-state index in [0.717, 1.165) is 24.5 Å². The maximum Gasteiger partial charge on any atom is 0.416 e. The van der Waals surface area contributed by atoms with E-state index in [9.17, 15) is 26.4 Å². The number of nitrogens with one attached hydrogen (secondary N) is 1. The van der Waals surface area contributed by atoms with Crippen LogP contribution in [-0.4, -0.2) is 20.6 Å². The fourth-order valence-electron chi connectivity index (χ4n) is 2.08. The minimum absolute atomic E-state index is 0.000131. The van der Waals surface area contributed by atoms with Crippen molar-refractivity contribution in [3.63, 3.8) is 0 Å². The molecule has 21 heavy (non-hydrogen) atoms. The van der Waals surface area contributed by atoms with E-state index >= 15 is 0 Å². The Morgan fingerprint density at radius 2 is 1.90 bits per heavy atom. The second-order valence-corrected chi connectivity index (χ2v) is 7.13. The van der Waals surface area contributed by atoms with Crippen LogP contribution < -0.4 is 4.72 Å². The third-order valence-electron chi connectivity index (χ3n) is 3.27. The Bertz CT molecular complexity index is 696. The predicted molar refractivity (Wildman–Crippen MR) is 70.4 cm³/mol. The summed E-state index contributed by atoms with van der Waals surface area (Å²) in [6.45, 7) is 0. The van der Waals surface area contributed by atoms with Crippen LogP contribution >= 0.6 is 11.6 Å². The molecule has 0 heterocycles. The Balaban J connectivity index is 2.44. The van der Waals surface area contributed by atoms with Crippen LogP contribution in [0.4, 0.5) is 13.2 Å². The molecule has 0 saturated heterocycles. The number of benzene rings is 1. The van der Waals surface area contributed by atoms with Crippen molar-refractivity contribution in [2.45, 2.75) is 24.4 Å². The summed E-state index contributed by atoms with van der Waals surface area (Å²) in [4.78, 5) is 12.0. The summed E-state index contributed by atoms with van der Waals surface area (Å²) >= 11 is 5.89. The molecule has 2 rings (SSSR count). The molecule has 0 bridgehead atoms. The van der Waals surface area contributed by atoms with Crippen LogP contribution in [0.15, 0.2) is 18.2 Å². The van der Waals surface area contributed by atoms with E-state index in [0.29, 0.717) is 0 Å². The summed E-state index contributed by atoms with van der Waals surface area (Å²) in [5.74, 6) is -0.855. The van der Waals surface area contributed by atoms with E-state index in [-0.39, 0.29) is 23.4 Å². The molecule has 4 nitrogen and oxygen atoms in total. The summed E-state index contributed by atoms with van der Waals surface area (Å²) < 4.78 is 62.2. The van der Waals surface area contributed by atoms with Gasteiger partial charge in [-0.1, -0.05) is 11.6 Å². The topological polar surface area (TPSA) is 63.2 Å². The van der Waals surface area contributed by atoms with Crippen molar-refractivity contribution in [3.05, 3.63) is 34.3 Å². The standard InChI is InChI=1S/C12H11ClF3NO3S/c1-21(19,20)17-10(18)11(4-5-11)8-6-7(12(14,15)16)2-3-9(8)13/h2-3,6H,4-5H2,1H3,(H,17,18). The van der Waals surface area contributed by atoms with Crippen molar-refractivity contribution in [1.82, 2.24) is 4.72 Å². The van der Waals surface area contributed by atoms with Gasteiger partial charge in [-0.05, 0) is 36.6 Å². The lowest BCUT2D eigenvalue weighted by Crippen LogP contribution is -2.38. The molecule has 1 aromatic rings. The van der Waals surface area contributed by atoms with E-state index < -0.39 is 33.1 Å². The molecule has 0 aliphatic heterocycles. The van der Waals surface area contributed by atoms with Gasteiger partial charge in [-0.2, -0.15) is 13.2 Å². The van der Waals surface area contributed by atoms with Gasteiger partial charge in [0.25, 0.3) is 0 Å². The second-order valence-electron chi connectivity index (χ2n) is 4.98. The number of halogens is 4. The molecular formula is C12H11ClF3NO3S. The molecule has 0 unspecified atom stereocenters. The van der Waals surface area contributed by atoms with Crippen molar-refractivity contribution in [1.29, 1.82) is 0 Å². The maximum atomic E-state index is 12.7. The van der Waals surface area contributed by atoms with E-state index in [1.807, 2.05) is 0 Å². The largest absolute Gasteiger partial charge is 0.416 e. The molecule has 1 N–H and O–H groups in total. The number of hydrogen-bond donors (Lipinski definition) is 1. The maximum absolute atomic E-state index is 12.7. The molecule has 9 heteroatoms. The first-order chi connectivity index (χ1) is 9.46. The van der Waals surface area contributed by atoms with Crippen molar-refractivity contribution >= 4 is 27.5 Å². The Kier molecular flexibility index (Phi) is 3.74. The van der Waals surface area contributed by atoms with Crippen LogP contribution in [0.2, 0.25) is 5.02 Å². The van der Waals surface area contributed by atoms with Crippen LogP contribution in [0, 0.1) is 0 Å². The molecule has 1 aliphatic carbocycles. The predicted octanol–water partition coefficient (Wildman–Crippen LogP) is 2.47. The quantitative estimate of drug-likeness (QED) is 0.918. The molecule has 0 spiro atoms. The first kappa shape index (κ1) is 16.1. The van der Waals surface area contributed by atoms with E-state index in [1.165, 1.54) is 0 Å². The molecule has 1 aromatic carbocycles. The molecular weight excluding hydrogens is 331 g/mol. The second kappa shape index (κ2) is 4.88. The molecule has 1 aliphatic rings. The average molecular weight is 342 g/mol. The Labute approximate surface area is 124 Å². The Hall–Kier alpha value is -1.28. The third-order valence-corrected chi connectivity index (χ3v) is 4.16. The molecule has 0 aromatic heterocycles. The lowest BCUT2D eigenvalue weighted by atomic mass is 9.93. The molecule has 1 amide bonds.